The normalized spacial score (nSPS) is 10.9. The van der Waals surface area contributed by atoms with Gasteiger partial charge >= 0.3 is 0 Å². The molecule has 0 fully saturated rings. The Hall–Kier alpha value is -2.36. The molecular weight excluding hydrogens is 217 g/mol. The van der Waals surface area contributed by atoms with Crippen LogP contribution in [0.3, 0.4) is 0 Å². The van der Waals surface area contributed by atoms with Crippen LogP contribution in [0.5, 0.6) is 0 Å². The van der Waals surface area contributed by atoms with E-state index in [0.717, 1.165) is 11.3 Å². The molecule has 84 valence electrons. The zero-order valence-electron chi connectivity index (χ0n) is 8.97. The Balaban J connectivity index is 2.34. The minimum absolute atomic E-state index is 0.161. The van der Waals surface area contributed by atoms with Gasteiger partial charge in [0.25, 0.3) is 0 Å². The van der Waals surface area contributed by atoms with Gasteiger partial charge in [0, 0.05) is 18.0 Å². The summed E-state index contributed by atoms with van der Waals surface area (Å²) >= 11 is 0. The predicted octanol–water partition coefficient (Wildman–Crippen LogP) is 2.72. The lowest BCUT2D eigenvalue weighted by Crippen LogP contribution is -1.97. The van der Waals surface area contributed by atoms with E-state index in [-0.39, 0.29) is 5.69 Å². The summed E-state index contributed by atoms with van der Waals surface area (Å²) in [5.74, 6) is -0.403. The topological polar surface area (TPSA) is 43.3 Å². The molecule has 2 N–H and O–H groups in total. The second-order valence-electron chi connectivity index (χ2n) is 3.77. The van der Waals surface area contributed by atoms with Crippen molar-refractivity contribution >= 4 is 11.3 Å². The molecule has 0 aliphatic heterocycles. The highest BCUT2D eigenvalue weighted by molar-refractivity contribution is 5.75. The first-order chi connectivity index (χ1) is 8.27. The molecule has 0 saturated carbocycles. The lowest BCUT2D eigenvalue weighted by Gasteiger charge is -2.08. The lowest BCUT2D eigenvalue weighted by molar-refractivity contribution is 0.633. The van der Waals surface area contributed by atoms with E-state index in [9.17, 15) is 4.39 Å². The van der Waals surface area contributed by atoms with Crippen LogP contribution in [0.2, 0.25) is 0 Å². The van der Waals surface area contributed by atoms with E-state index in [0.29, 0.717) is 5.56 Å². The molecule has 3 aromatic rings. The van der Waals surface area contributed by atoms with Crippen LogP contribution in [0, 0.1) is 5.82 Å². The molecule has 3 rings (SSSR count). The van der Waals surface area contributed by atoms with Crippen molar-refractivity contribution in [2.75, 3.05) is 5.73 Å². The van der Waals surface area contributed by atoms with Crippen LogP contribution >= 0.6 is 0 Å². The summed E-state index contributed by atoms with van der Waals surface area (Å²) in [5, 5.41) is 0. The summed E-state index contributed by atoms with van der Waals surface area (Å²) in [6.07, 6.45) is 3.53. The molecule has 0 unspecified atom stereocenters. The number of nitrogens with two attached hydrogens (primary N) is 1. The molecule has 0 aliphatic carbocycles. The Bertz CT molecular complexity index is 688. The third kappa shape index (κ3) is 1.45. The van der Waals surface area contributed by atoms with Crippen molar-refractivity contribution in [2.45, 2.75) is 0 Å². The molecule has 0 spiro atoms. The number of nitrogens with zero attached hydrogens (tertiary/aromatic N) is 2. The van der Waals surface area contributed by atoms with Gasteiger partial charge in [0.2, 0.25) is 0 Å². The zero-order chi connectivity index (χ0) is 11.8. The van der Waals surface area contributed by atoms with Crippen LogP contribution < -0.4 is 5.73 Å². The van der Waals surface area contributed by atoms with Crippen LogP contribution in [0.25, 0.3) is 16.9 Å². The van der Waals surface area contributed by atoms with Gasteiger partial charge in [-0.1, -0.05) is 18.2 Å². The number of nitrogen functional groups attached to an aromatic ring is 1. The summed E-state index contributed by atoms with van der Waals surface area (Å²) in [7, 11) is 0. The van der Waals surface area contributed by atoms with Crippen molar-refractivity contribution in [1.29, 1.82) is 0 Å². The first-order valence-electron chi connectivity index (χ1n) is 5.24. The SMILES string of the molecule is Nc1c(F)cccc1-c1cccc2nccn12. The fraction of sp³-hybridized carbons (Fsp3) is 0. The number of halogens is 1. The van der Waals surface area contributed by atoms with E-state index in [1.807, 2.05) is 28.8 Å². The third-order valence-electron chi connectivity index (χ3n) is 2.76. The van der Waals surface area contributed by atoms with E-state index < -0.39 is 5.82 Å². The van der Waals surface area contributed by atoms with Crippen molar-refractivity contribution in [3.8, 4) is 11.3 Å². The molecule has 0 atom stereocenters. The molecule has 0 saturated heterocycles. The molecule has 2 heterocycles. The smallest absolute Gasteiger partial charge is 0.146 e. The Morgan fingerprint density at radius 1 is 1.12 bits per heavy atom. The van der Waals surface area contributed by atoms with E-state index >= 15 is 0 Å². The summed E-state index contributed by atoms with van der Waals surface area (Å²) in [4.78, 5) is 4.19. The van der Waals surface area contributed by atoms with Gasteiger partial charge in [-0.05, 0) is 18.2 Å². The first-order valence-corrected chi connectivity index (χ1v) is 5.24. The van der Waals surface area contributed by atoms with Crippen LogP contribution in [-0.4, -0.2) is 9.38 Å². The van der Waals surface area contributed by atoms with Crippen molar-refractivity contribution in [3.63, 3.8) is 0 Å². The Kier molecular flexibility index (Phi) is 2.08. The number of fused-ring (bicyclic) bond motifs is 1. The maximum Gasteiger partial charge on any atom is 0.146 e. The summed E-state index contributed by atoms with van der Waals surface area (Å²) < 4.78 is 15.3. The molecule has 1 aromatic carbocycles. The number of aromatic nitrogens is 2. The van der Waals surface area contributed by atoms with Gasteiger partial charge in [0.05, 0.1) is 11.4 Å². The summed E-state index contributed by atoms with van der Waals surface area (Å²) in [5.41, 5.74) is 8.24. The van der Waals surface area contributed by atoms with Gasteiger partial charge in [0.15, 0.2) is 0 Å². The average molecular weight is 227 g/mol. The van der Waals surface area contributed by atoms with E-state index in [1.54, 1.807) is 18.3 Å². The van der Waals surface area contributed by atoms with Crippen LogP contribution in [0.4, 0.5) is 10.1 Å². The number of para-hydroxylation sites is 1. The molecule has 4 heteroatoms. The van der Waals surface area contributed by atoms with E-state index in [1.165, 1.54) is 6.07 Å². The second kappa shape index (κ2) is 3.59. The molecule has 2 aromatic heterocycles. The standard InChI is InChI=1S/C13H10FN3/c14-10-4-1-3-9(13(10)15)11-5-2-6-12-16-7-8-17(11)12/h1-8H,15H2. The Morgan fingerprint density at radius 3 is 2.82 bits per heavy atom. The Morgan fingerprint density at radius 2 is 1.94 bits per heavy atom. The van der Waals surface area contributed by atoms with Gasteiger partial charge in [-0.2, -0.15) is 0 Å². The van der Waals surface area contributed by atoms with E-state index in [2.05, 4.69) is 4.98 Å². The first kappa shape index (κ1) is 9.84. The average Bonchev–Trinajstić information content (AvgIpc) is 2.81. The van der Waals surface area contributed by atoms with Crippen LogP contribution in [0.1, 0.15) is 0 Å². The molecule has 0 aliphatic rings. The van der Waals surface area contributed by atoms with Crippen molar-refractivity contribution in [2.24, 2.45) is 0 Å². The molecule has 3 nitrogen and oxygen atoms in total. The van der Waals surface area contributed by atoms with Gasteiger partial charge in [0.1, 0.15) is 11.5 Å². The number of hydrogen-bond donors (Lipinski definition) is 1. The summed E-state index contributed by atoms with van der Waals surface area (Å²) in [6.45, 7) is 0. The quantitative estimate of drug-likeness (QED) is 0.649. The third-order valence-corrected chi connectivity index (χ3v) is 2.76. The van der Waals surface area contributed by atoms with Crippen molar-refractivity contribution in [1.82, 2.24) is 9.38 Å². The fourth-order valence-corrected chi connectivity index (χ4v) is 1.93. The van der Waals surface area contributed by atoms with Crippen LogP contribution in [-0.2, 0) is 0 Å². The highest BCUT2D eigenvalue weighted by Gasteiger charge is 2.09. The molecule has 17 heavy (non-hydrogen) atoms. The number of imidazole rings is 1. The number of hydrogen-bond acceptors (Lipinski definition) is 2. The molecule has 0 amide bonds. The fourth-order valence-electron chi connectivity index (χ4n) is 1.93. The van der Waals surface area contributed by atoms with E-state index in [4.69, 9.17) is 5.73 Å². The second-order valence-corrected chi connectivity index (χ2v) is 3.77. The van der Waals surface area contributed by atoms with Gasteiger partial charge in [-0.25, -0.2) is 9.37 Å². The monoisotopic (exact) mass is 227 g/mol. The summed E-state index contributed by atoms with van der Waals surface area (Å²) in [6, 6.07) is 10.5. The maximum atomic E-state index is 13.4. The number of benzene rings is 1. The maximum absolute atomic E-state index is 13.4. The number of rotatable bonds is 1. The Labute approximate surface area is 97.3 Å². The zero-order valence-corrected chi connectivity index (χ0v) is 8.97. The lowest BCUT2D eigenvalue weighted by atomic mass is 10.1. The molecule has 0 bridgehead atoms. The molecular formula is C13H10FN3. The predicted molar refractivity (Wildman–Crippen MR) is 65.0 cm³/mol. The van der Waals surface area contributed by atoms with Crippen molar-refractivity contribution in [3.05, 3.63) is 54.6 Å². The molecule has 0 radical (unpaired) electrons. The largest absolute Gasteiger partial charge is 0.396 e. The van der Waals surface area contributed by atoms with Gasteiger partial charge in [-0.3, -0.25) is 4.40 Å². The number of pyridine rings is 1. The number of anilines is 1. The van der Waals surface area contributed by atoms with Gasteiger partial charge in [-0.15, -0.1) is 0 Å². The minimum Gasteiger partial charge on any atom is -0.396 e. The van der Waals surface area contributed by atoms with Gasteiger partial charge < -0.3 is 5.73 Å². The minimum atomic E-state index is -0.403. The highest BCUT2D eigenvalue weighted by atomic mass is 19.1. The van der Waals surface area contributed by atoms with Crippen molar-refractivity contribution < 1.29 is 4.39 Å². The van der Waals surface area contributed by atoms with Crippen LogP contribution in [0.15, 0.2) is 48.8 Å². The highest BCUT2D eigenvalue weighted by Crippen LogP contribution is 2.27.